The fourth-order valence-corrected chi connectivity index (χ4v) is 2.84. The van der Waals surface area contributed by atoms with Crippen molar-refractivity contribution >= 4 is 17.7 Å². The summed E-state index contributed by atoms with van der Waals surface area (Å²) in [7, 11) is 0. The second-order valence-electron chi connectivity index (χ2n) is 6.13. The first-order valence-electron chi connectivity index (χ1n) is 8.54. The third-order valence-electron chi connectivity index (χ3n) is 4.33. The lowest BCUT2D eigenvalue weighted by molar-refractivity contribution is -0.384. The molecule has 140 valence electrons. The number of hydrogen-bond acceptors (Lipinski definition) is 5. The van der Waals surface area contributed by atoms with E-state index in [1.165, 1.54) is 18.2 Å². The highest BCUT2D eigenvalue weighted by atomic mass is 16.6. The van der Waals surface area contributed by atoms with Crippen LogP contribution in [0, 0.1) is 10.1 Å². The average Bonchev–Trinajstić information content (AvgIpc) is 2.72. The second kappa shape index (κ2) is 8.31. The van der Waals surface area contributed by atoms with E-state index in [4.69, 9.17) is 4.74 Å². The van der Waals surface area contributed by atoms with E-state index in [2.05, 4.69) is 0 Å². The Balaban J connectivity index is 1.52. The van der Waals surface area contributed by atoms with Crippen molar-refractivity contribution in [3.8, 4) is 0 Å². The summed E-state index contributed by atoms with van der Waals surface area (Å²) in [5.74, 6) is -0.281. The Morgan fingerprint density at radius 3 is 2.30 bits per heavy atom. The van der Waals surface area contributed by atoms with Crippen LogP contribution < -0.4 is 0 Å². The number of nitro benzene ring substituents is 1. The molecular weight excluding hydrogens is 350 g/mol. The first-order chi connectivity index (χ1) is 13.0. The van der Waals surface area contributed by atoms with Crippen molar-refractivity contribution in [2.24, 2.45) is 0 Å². The summed E-state index contributed by atoms with van der Waals surface area (Å²) in [6.45, 7) is 1.61. The predicted octanol–water partition coefficient (Wildman–Crippen LogP) is 2.69. The van der Waals surface area contributed by atoms with E-state index in [9.17, 15) is 19.7 Å². The number of hydrogen-bond donors (Lipinski definition) is 0. The molecule has 1 fully saturated rings. The van der Waals surface area contributed by atoms with Gasteiger partial charge in [-0.25, -0.2) is 4.79 Å². The van der Waals surface area contributed by atoms with Crippen LogP contribution in [-0.4, -0.2) is 52.9 Å². The minimum Gasteiger partial charge on any atom is -0.445 e. The van der Waals surface area contributed by atoms with Crippen LogP contribution in [0.5, 0.6) is 0 Å². The monoisotopic (exact) mass is 369 g/mol. The number of ether oxygens (including phenoxy) is 1. The summed E-state index contributed by atoms with van der Waals surface area (Å²) in [6.07, 6.45) is -0.415. The summed E-state index contributed by atoms with van der Waals surface area (Å²) < 4.78 is 5.30. The van der Waals surface area contributed by atoms with Crippen molar-refractivity contribution in [1.29, 1.82) is 0 Å². The highest BCUT2D eigenvalue weighted by Gasteiger charge is 2.26. The molecule has 3 rings (SSSR count). The molecule has 0 atom stereocenters. The molecule has 2 aromatic rings. The van der Waals surface area contributed by atoms with E-state index in [0.717, 1.165) is 5.56 Å². The molecule has 1 saturated heterocycles. The van der Waals surface area contributed by atoms with Crippen molar-refractivity contribution in [1.82, 2.24) is 9.80 Å². The first kappa shape index (κ1) is 18.4. The molecule has 0 radical (unpaired) electrons. The van der Waals surface area contributed by atoms with E-state index < -0.39 is 11.0 Å². The average molecular weight is 369 g/mol. The third-order valence-corrected chi connectivity index (χ3v) is 4.33. The minimum absolute atomic E-state index is 0.121. The Labute approximate surface area is 156 Å². The number of amides is 2. The zero-order chi connectivity index (χ0) is 19.2. The zero-order valence-corrected chi connectivity index (χ0v) is 14.6. The van der Waals surface area contributed by atoms with Crippen molar-refractivity contribution in [2.75, 3.05) is 26.2 Å². The Kier molecular flexibility index (Phi) is 5.65. The van der Waals surface area contributed by atoms with E-state index >= 15 is 0 Å². The van der Waals surface area contributed by atoms with Crippen LogP contribution >= 0.6 is 0 Å². The van der Waals surface area contributed by atoms with Gasteiger partial charge in [-0.2, -0.15) is 0 Å². The van der Waals surface area contributed by atoms with Crippen LogP contribution in [0.25, 0.3) is 0 Å². The van der Waals surface area contributed by atoms with Gasteiger partial charge in [-0.05, 0) is 11.6 Å². The number of nitro groups is 1. The summed E-state index contributed by atoms with van der Waals surface area (Å²) in [5, 5.41) is 10.9. The SMILES string of the molecule is O=C(OCc1ccccc1)N1CCN(C(=O)c2cccc([N+](=O)[O-])c2)CC1. The summed E-state index contributed by atoms with van der Waals surface area (Å²) in [6, 6.07) is 15.1. The van der Waals surface area contributed by atoms with Gasteiger partial charge in [-0.3, -0.25) is 14.9 Å². The lowest BCUT2D eigenvalue weighted by Crippen LogP contribution is -2.50. The van der Waals surface area contributed by atoms with Gasteiger partial charge >= 0.3 is 6.09 Å². The molecule has 0 spiro atoms. The van der Waals surface area contributed by atoms with Crippen LogP contribution in [0.4, 0.5) is 10.5 Å². The lowest BCUT2D eigenvalue weighted by atomic mass is 10.1. The Hall–Kier alpha value is -3.42. The first-order valence-corrected chi connectivity index (χ1v) is 8.54. The Morgan fingerprint density at radius 1 is 0.963 bits per heavy atom. The fraction of sp³-hybridized carbons (Fsp3) is 0.263. The van der Waals surface area contributed by atoms with E-state index in [0.29, 0.717) is 26.2 Å². The molecule has 0 bridgehead atoms. The minimum atomic E-state index is -0.530. The maximum Gasteiger partial charge on any atom is 0.410 e. The predicted molar refractivity (Wildman–Crippen MR) is 97.2 cm³/mol. The third kappa shape index (κ3) is 4.60. The van der Waals surface area contributed by atoms with Gasteiger partial charge in [-0.15, -0.1) is 0 Å². The number of nitrogens with zero attached hydrogens (tertiary/aromatic N) is 3. The fourth-order valence-electron chi connectivity index (χ4n) is 2.84. The molecule has 8 heteroatoms. The summed E-state index contributed by atoms with van der Waals surface area (Å²) >= 11 is 0. The van der Waals surface area contributed by atoms with Crippen molar-refractivity contribution < 1.29 is 19.2 Å². The van der Waals surface area contributed by atoms with E-state index in [1.54, 1.807) is 15.9 Å². The van der Waals surface area contributed by atoms with Gasteiger partial charge in [0, 0.05) is 43.9 Å². The van der Waals surface area contributed by atoms with Gasteiger partial charge in [-0.1, -0.05) is 36.4 Å². The van der Waals surface area contributed by atoms with Gasteiger partial charge < -0.3 is 14.5 Å². The molecular formula is C19H19N3O5. The van der Waals surface area contributed by atoms with Crippen LogP contribution in [0.1, 0.15) is 15.9 Å². The summed E-state index contributed by atoms with van der Waals surface area (Å²) in [5.41, 5.74) is 1.05. The molecule has 27 heavy (non-hydrogen) atoms. The molecule has 1 aliphatic rings. The van der Waals surface area contributed by atoms with Crippen LogP contribution in [0.2, 0.25) is 0 Å². The number of rotatable bonds is 4. The van der Waals surface area contributed by atoms with Gasteiger partial charge in [0.05, 0.1) is 4.92 Å². The quantitative estimate of drug-likeness (QED) is 0.610. The highest BCUT2D eigenvalue weighted by molar-refractivity contribution is 5.95. The van der Waals surface area contributed by atoms with Crippen LogP contribution in [0.3, 0.4) is 0 Å². The maximum absolute atomic E-state index is 12.5. The van der Waals surface area contributed by atoms with E-state index in [-0.39, 0.29) is 23.8 Å². The van der Waals surface area contributed by atoms with Gasteiger partial charge in [0.2, 0.25) is 0 Å². The molecule has 2 amide bonds. The second-order valence-corrected chi connectivity index (χ2v) is 6.13. The van der Waals surface area contributed by atoms with Crippen molar-refractivity contribution in [2.45, 2.75) is 6.61 Å². The van der Waals surface area contributed by atoms with E-state index in [1.807, 2.05) is 30.3 Å². The molecule has 0 aromatic heterocycles. The topological polar surface area (TPSA) is 93.0 Å². The Morgan fingerprint density at radius 2 is 1.63 bits per heavy atom. The van der Waals surface area contributed by atoms with Crippen LogP contribution in [0.15, 0.2) is 54.6 Å². The number of piperazine rings is 1. The molecule has 1 heterocycles. The molecule has 0 unspecified atom stereocenters. The van der Waals surface area contributed by atoms with Crippen LogP contribution in [-0.2, 0) is 11.3 Å². The largest absolute Gasteiger partial charge is 0.445 e. The molecule has 0 N–H and O–H groups in total. The molecule has 0 saturated carbocycles. The van der Waals surface area contributed by atoms with Gasteiger partial charge in [0.15, 0.2) is 0 Å². The zero-order valence-electron chi connectivity index (χ0n) is 14.6. The smallest absolute Gasteiger partial charge is 0.410 e. The molecule has 8 nitrogen and oxygen atoms in total. The number of carbonyl (C=O) groups is 2. The normalized spacial score (nSPS) is 13.9. The highest BCUT2D eigenvalue weighted by Crippen LogP contribution is 2.16. The molecule has 1 aliphatic heterocycles. The van der Waals surface area contributed by atoms with Gasteiger partial charge in [0.1, 0.15) is 6.61 Å². The maximum atomic E-state index is 12.5. The number of benzene rings is 2. The standard InChI is InChI=1S/C19H19N3O5/c23-18(16-7-4-8-17(13-16)22(25)26)20-9-11-21(12-10-20)19(24)27-14-15-5-2-1-3-6-15/h1-8,13H,9-12,14H2. The van der Waals surface area contributed by atoms with Crippen molar-refractivity contribution in [3.63, 3.8) is 0 Å². The Bertz CT molecular complexity index is 832. The number of carbonyl (C=O) groups excluding carboxylic acids is 2. The van der Waals surface area contributed by atoms with Gasteiger partial charge in [0.25, 0.3) is 11.6 Å². The number of non-ortho nitro benzene ring substituents is 1. The summed E-state index contributed by atoms with van der Waals surface area (Å²) in [4.78, 5) is 38.2. The van der Waals surface area contributed by atoms with Crippen molar-refractivity contribution in [3.05, 3.63) is 75.8 Å². The lowest BCUT2D eigenvalue weighted by Gasteiger charge is -2.34. The molecule has 2 aromatic carbocycles. The molecule has 0 aliphatic carbocycles.